The molecule has 0 unspecified atom stereocenters. The van der Waals surface area contributed by atoms with Crippen LogP contribution in [0.15, 0.2) is 6.20 Å². The van der Waals surface area contributed by atoms with Crippen molar-refractivity contribution in [2.45, 2.75) is 65.6 Å². The van der Waals surface area contributed by atoms with E-state index in [1.807, 2.05) is 31.9 Å². The largest absolute Gasteiger partial charge is 0.444 e. The molecule has 1 fully saturated rings. The van der Waals surface area contributed by atoms with Crippen molar-refractivity contribution in [2.24, 2.45) is 5.92 Å². The number of aromatic nitrogens is 1. The molecule has 0 bridgehead atoms. The fourth-order valence-corrected chi connectivity index (χ4v) is 3.55. The SMILES string of the molecule is Cc1cnc(CN[C@H](C)[C@H]2CCCN(C(=O)OC(C)(C)C)C2)s1. The standard InChI is InChI=1S/C17H29N3O2S/c1-12-9-19-15(23-12)10-18-13(2)14-7-6-8-20(11-14)16(21)22-17(3,4)5/h9,13-14,18H,6-8,10-11H2,1-5H3/t13-,14+/m1/s1. The fraction of sp³-hybridized carbons (Fsp3) is 0.765. The first-order valence-corrected chi connectivity index (χ1v) is 9.19. The monoisotopic (exact) mass is 339 g/mol. The Kier molecular flexibility index (Phi) is 6.03. The third-order valence-electron chi connectivity index (χ3n) is 4.06. The highest BCUT2D eigenvalue weighted by atomic mass is 32.1. The van der Waals surface area contributed by atoms with E-state index in [0.29, 0.717) is 12.0 Å². The highest BCUT2D eigenvalue weighted by molar-refractivity contribution is 7.11. The molecule has 1 aromatic heterocycles. The molecule has 0 aromatic carbocycles. The lowest BCUT2D eigenvalue weighted by Gasteiger charge is -2.36. The van der Waals surface area contributed by atoms with E-state index >= 15 is 0 Å². The van der Waals surface area contributed by atoms with Crippen molar-refractivity contribution in [3.05, 3.63) is 16.1 Å². The molecule has 1 aliphatic heterocycles. The number of carbonyl (C=O) groups excluding carboxylic acids is 1. The van der Waals surface area contributed by atoms with Crippen LogP contribution in [0.2, 0.25) is 0 Å². The number of carbonyl (C=O) groups is 1. The predicted octanol–water partition coefficient (Wildman–Crippen LogP) is 3.58. The van der Waals surface area contributed by atoms with E-state index in [1.165, 1.54) is 4.88 Å². The van der Waals surface area contributed by atoms with Crippen LogP contribution in [-0.2, 0) is 11.3 Å². The Morgan fingerprint density at radius 2 is 2.30 bits per heavy atom. The molecular formula is C17H29N3O2S. The van der Waals surface area contributed by atoms with E-state index in [2.05, 4.69) is 24.1 Å². The summed E-state index contributed by atoms with van der Waals surface area (Å²) in [7, 11) is 0. The van der Waals surface area contributed by atoms with E-state index in [0.717, 1.165) is 37.5 Å². The number of ether oxygens (including phenoxy) is 1. The van der Waals surface area contributed by atoms with Crippen LogP contribution in [0.1, 0.15) is 50.4 Å². The van der Waals surface area contributed by atoms with Gasteiger partial charge in [0.05, 0.1) is 0 Å². The molecule has 1 aliphatic rings. The maximum Gasteiger partial charge on any atom is 0.410 e. The highest BCUT2D eigenvalue weighted by Crippen LogP contribution is 2.22. The third-order valence-corrected chi connectivity index (χ3v) is 4.97. The molecule has 1 amide bonds. The van der Waals surface area contributed by atoms with Gasteiger partial charge >= 0.3 is 6.09 Å². The molecule has 1 saturated heterocycles. The summed E-state index contributed by atoms with van der Waals surface area (Å²) in [6.45, 7) is 12.4. The zero-order chi connectivity index (χ0) is 17.0. The smallest absolute Gasteiger partial charge is 0.410 e. The molecule has 2 heterocycles. The van der Waals surface area contributed by atoms with Gasteiger partial charge in [0.2, 0.25) is 0 Å². The average molecular weight is 340 g/mol. The topological polar surface area (TPSA) is 54.5 Å². The normalized spacial score (nSPS) is 20.4. The van der Waals surface area contributed by atoms with Crippen LogP contribution in [-0.4, -0.2) is 40.7 Å². The lowest BCUT2D eigenvalue weighted by molar-refractivity contribution is 0.0148. The van der Waals surface area contributed by atoms with Crippen molar-refractivity contribution in [1.82, 2.24) is 15.2 Å². The number of piperidine rings is 1. The Balaban J connectivity index is 1.83. The molecule has 0 radical (unpaired) electrons. The van der Waals surface area contributed by atoms with Gasteiger partial charge in [-0.05, 0) is 53.4 Å². The fourth-order valence-electron chi connectivity index (χ4n) is 2.81. The Hall–Kier alpha value is -1.14. The Labute approximate surface area is 143 Å². The number of nitrogens with zero attached hydrogens (tertiary/aromatic N) is 2. The van der Waals surface area contributed by atoms with Crippen LogP contribution in [0.5, 0.6) is 0 Å². The molecule has 0 spiro atoms. The number of aryl methyl sites for hydroxylation is 1. The molecule has 0 saturated carbocycles. The molecule has 130 valence electrons. The van der Waals surface area contributed by atoms with Gasteiger partial charge in [-0.1, -0.05) is 0 Å². The Morgan fingerprint density at radius 1 is 1.57 bits per heavy atom. The summed E-state index contributed by atoms with van der Waals surface area (Å²) in [5, 5.41) is 4.68. The number of hydrogen-bond acceptors (Lipinski definition) is 5. The van der Waals surface area contributed by atoms with E-state index in [1.54, 1.807) is 11.3 Å². The summed E-state index contributed by atoms with van der Waals surface area (Å²) < 4.78 is 5.50. The number of nitrogens with one attached hydrogen (secondary N) is 1. The van der Waals surface area contributed by atoms with Crippen molar-refractivity contribution in [3.8, 4) is 0 Å². The van der Waals surface area contributed by atoms with Crippen molar-refractivity contribution in [1.29, 1.82) is 0 Å². The van der Waals surface area contributed by atoms with Gasteiger partial charge in [-0.25, -0.2) is 9.78 Å². The summed E-state index contributed by atoms with van der Waals surface area (Å²) in [6.07, 6.45) is 3.90. The second-order valence-electron chi connectivity index (χ2n) is 7.36. The van der Waals surface area contributed by atoms with Gasteiger partial charge in [-0.3, -0.25) is 0 Å². The molecule has 2 rings (SSSR count). The number of rotatable bonds is 4. The van der Waals surface area contributed by atoms with Gasteiger partial charge in [0.15, 0.2) is 0 Å². The number of likely N-dealkylation sites (tertiary alicyclic amines) is 1. The summed E-state index contributed by atoms with van der Waals surface area (Å²) in [4.78, 5) is 19.7. The molecule has 1 N–H and O–H groups in total. The quantitative estimate of drug-likeness (QED) is 0.911. The molecule has 5 nitrogen and oxygen atoms in total. The maximum absolute atomic E-state index is 12.2. The van der Waals surface area contributed by atoms with Crippen LogP contribution < -0.4 is 5.32 Å². The molecule has 23 heavy (non-hydrogen) atoms. The molecule has 2 atom stereocenters. The summed E-state index contributed by atoms with van der Waals surface area (Å²) in [5.74, 6) is 0.456. The average Bonchev–Trinajstić information content (AvgIpc) is 2.89. The van der Waals surface area contributed by atoms with E-state index in [-0.39, 0.29) is 6.09 Å². The highest BCUT2D eigenvalue weighted by Gasteiger charge is 2.30. The van der Waals surface area contributed by atoms with Gasteiger partial charge in [0, 0.05) is 36.8 Å². The van der Waals surface area contributed by atoms with Crippen LogP contribution in [0, 0.1) is 12.8 Å². The predicted molar refractivity (Wildman–Crippen MR) is 93.7 cm³/mol. The molecular weight excluding hydrogens is 310 g/mol. The van der Waals surface area contributed by atoms with Crippen LogP contribution in [0.3, 0.4) is 0 Å². The lowest BCUT2D eigenvalue weighted by Crippen LogP contribution is -2.47. The van der Waals surface area contributed by atoms with Gasteiger partial charge in [-0.2, -0.15) is 0 Å². The maximum atomic E-state index is 12.2. The number of amides is 1. The minimum Gasteiger partial charge on any atom is -0.444 e. The molecule has 1 aromatic rings. The first kappa shape index (κ1) is 18.2. The second-order valence-corrected chi connectivity index (χ2v) is 8.68. The molecule has 0 aliphatic carbocycles. The first-order valence-electron chi connectivity index (χ1n) is 8.37. The van der Waals surface area contributed by atoms with Gasteiger partial charge in [0.1, 0.15) is 10.6 Å². The van der Waals surface area contributed by atoms with Crippen molar-refractivity contribution < 1.29 is 9.53 Å². The Morgan fingerprint density at radius 3 is 2.91 bits per heavy atom. The van der Waals surface area contributed by atoms with E-state index < -0.39 is 5.60 Å². The molecule has 6 heteroatoms. The van der Waals surface area contributed by atoms with E-state index in [9.17, 15) is 4.79 Å². The van der Waals surface area contributed by atoms with Crippen LogP contribution >= 0.6 is 11.3 Å². The number of hydrogen-bond donors (Lipinski definition) is 1. The zero-order valence-corrected chi connectivity index (χ0v) is 15.7. The second kappa shape index (κ2) is 7.62. The summed E-state index contributed by atoms with van der Waals surface area (Å²) in [5.41, 5.74) is -0.434. The third kappa shape index (κ3) is 5.77. The Bertz CT molecular complexity index is 524. The minimum absolute atomic E-state index is 0.190. The zero-order valence-electron chi connectivity index (χ0n) is 14.9. The summed E-state index contributed by atoms with van der Waals surface area (Å²) >= 11 is 1.73. The lowest BCUT2D eigenvalue weighted by atomic mass is 9.92. The van der Waals surface area contributed by atoms with Gasteiger partial charge in [0.25, 0.3) is 0 Å². The van der Waals surface area contributed by atoms with Crippen LogP contribution in [0.25, 0.3) is 0 Å². The van der Waals surface area contributed by atoms with Crippen molar-refractivity contribution >= 4 is 17.4 Å². The first-order chi connectivity index (χ1) is 10.7. The van der Waals surface area contributed by atoms with Crippen molar-refractivity contribution in [3.63, 3.8) is 0 Å². The van der Waals surface area contributed by atoms with Gasteiger partial charge < -0.3 is 15.0 Å². The summed E-state index contributed by atoms with van der Waals surface area (Å²) in [6, 6.07) is 0.351. The van der Waals surface area contributed by atoms with Gasteiger partial charge in [-0.15, -0.1) is 11.3 Å². The number of thiazole rings is 1. The minimum atomic E-state index is -0.434. The van der Waals surface area contributed by atoms with Crippen LogP contribution in [0.4, 0.5) is 4.79 Å². The van der Waals surface area contributed by atoms with Crippen molar-refractivity contribution in [2.75, 3.05) is 13.1 Å². The van der Waals surface area contributed by atoms with E-state index in [4.69, 9.17) is 4.74 Å².